The van der Waals surface area contributed by atoms with Gasteiger partial charge in [-0.3, -0.25) is 4.79 Å². The fourth-order valence-electron chi connectivity index (χ4n) is 4.20. The predicted octanol–water partition coefficient (Wildman–Crippen LogP) is 3.36. The molecule has 2 aliphatic heterocycles. The third-order valence-corrected chi connectivity index (χ3v) is 6.64. The molecule has 1 fully saturated rings. The van der Waals surface area contributed by atoms with E-state index < -0.39 is 0 Å². The molecule has 2 aromatic carbocycles. The van der Waals surface area contributed by atoms with Crippen LogP contribution in [0.25, 0.3) is 0 Å². The number of nitrogens with zero attached hydrogens (tertiary/aromatic N) is 1. The first kappa shape index (κ1) is 18.4. The van der Waals surface area contributed by atoms with Crippen LogP contribution in [0, 0.1) is 0 Å². The number of carbonyl (C=O) groups excluding carboxylic acids is 1. The molecule has 4 rings (SSSR count). The van der Waals surface area contributed by atoms with Crippen molar-refractivity contribution in [3.63, 3.8) is 0 Å². The van der Waals surface area contributed by atoms with E-state index >= 15 is 0 Å². The minimum atomic E-state index is 0.0378. The normalized spacial score (nSPS) is 17.6. The Balaban J connectivity index is 1.43. The van der Waals surface area contributed by atoms with Crippen molar-refractivity contribution in [2.45, 2.75) is 36.1 Å². The Labute approximate surface area is 165 Å². The summed E-state index contributed by atoms with van der Waals surface area (Å²) in [5, 5.41) is 0. The van der Waals surface area contributed by atoms with E-state index in [0.717, 1.165) is 42.8 Å². The highest BCUT2D eigenvalue weighted by atomic mass is 32.2. The lowest BCUT2D eigenvalue weighted by Crippen LogP contribution is -2.46. The summed E-state index contributed by atoms with van der Waals surface area (Å²) >= 11 is 1.71. The zero-order valence-electron chi connectivity index (χ0n) is 15.7. The summed E-state index contributed by atoms with van der Waals surface area (Å²) < 4.78 is 5.96. The maximum absolute atomic E-state index is 12.8. The SMILES string of the molecule is CSc1cccc(CC(=O)N2CCC3(CC2)COc2ccc(CN)cc23)c1. The van der Waals surface area contributed by atoms with Crippen LogP contribution in [0.1, 0.15) is 29.5 Å². The highest BCUT2D eigenvalue weighted by Gasteiger charge is 2.43. The molecule has 0 saturated carbocycles. The Morgan fingerprint density at radius 2 is 2.00 bits per heavy atom. The Morgan fingerprint density at radius 3 is 2.74 bits per heavy atom. The van der Waals surface area contributed by atoms with Gasteiger partial charge in [0.1, 0.15) is 5.75 Å². The van der Waals surface area contributed by atoms with Crippen LogP contribution in [0.15, 0.2) is 47.4 Å². The van der Waals surface area contributed by atoms with Gasteiger partial charge in [-0.25, -0.2) is 0 Å². The molecule has 2 aliphatic rings. The van der Waals surface area contributed by atoms with Gasteiger partial charge in [0.15, 0.2) is 0 Å². The molecule has 2 aromatic rings. The summed E-state index contributed by atoms with van der Waals surface area (Å²) in [7, 11) is 0. The van der Waals surface area contributed by atoms with Crippen LogP contribution in [0.5, 0.6) is 5.75 Å². The van der Waals surface area contributed by atoms with E-state index in [4.69, 9.17) is 10.5 Å². The average Bonchev–Trinajstić information content (AvgIpc) is 3.06. The molecule has 0 radical (unpaired) electrons. The van der Waals surface area contributed by atoms with Crippen LogP contribution in [-0.2, 0) is 23.2 Å². The number of amides is 1. The number of ether oxygens (including phenoxy) is 1. The van der Waals surface area contributed by atoms with Crippen molar-refractivity contribution in [2.24, 2.45) is 5.73 Å². The second kappa shape index (κ2) is 7.56. The Bertz CT molecular complexity index is 844. The first-order valence-corrected chi connectivity index (χ1v) is 10.7. The molecule has 2 N–H and O–H groups in total. The number of benzene rings is 2. The van der Waals surface area contributed by atoms with Crippen LogP contribution in [0.2, 0.25) is 0 Å². The molecule has 0 aliphatic carbocycles. The van der Waals surface area contributed by atoms with Crippen molar-refractivity contribution in [3.05, 3.63) is 59.2 Å². The molecule has 2 heterocycles. The summed E-state index contributed by atoms with van der Waals surface area (Å²) in [6.45, 7) is 2.84. The molecule has 4 nitrogen and oxygen atoms in total. The molecule has 1 saturated heterocycles. The molecule has 1 amide bonds. The van der Waals surface area contributed by atoms with E-state index in [2.05, 4.69) is 24.5 Å². The van der Waals surface area contributed by atoms with Gasteiger partial charge in [-0.1, -0.05) is 24.3 Å². The molecular weight excluding hydrogens is 356 g/mol. The quantitative estimate of drug-likeness (QED) is 0.824. The van der Waals surface area contributed by atoms with Gasteiger partial charge in [0.25, 0.3) is 0 Å². The molecule has 0 aromatic heterocycles. The van der Waals surface area contributed by atoms with Gasteiger partial charge in [0.05, 0.1) is 13.0 Å². The lowest BCUT2D eigenvalue weighted by Gasteiger charge is -2.38. The summed E-state index contributed by atoms with van der Waals surface area (Å²) in [6, 6.07) is 14.6. The standard InChI is InChI=1S/C22H26N2O2S/c1-27-18-4-2-3-16(11-18)13-21(25)24-9-7-22(8-10-24)15-26-20-6-5-17(14-23)12-19(20)22/h2-6,11-12H,7-10,13-15,23H2,1H3. The maximum atomic E-state index is 12.8. The molecular formula is C22H26N2O2S. The zero-order valence-corrected chi connectivity index (χ0v) is 16.6. The van der Waals surface area contributed by atoms with Crippen molar-refractivity contribution >= 4 is 17.7 Å². The largest absolute Gasteiger partial charge is 0.492 e. The first-order valence-electron chi connectivity index (χ1n) is 9.50. The van der Waals surface area contributed by atoms with E-state index in [9.17, 15) is 4.79 Å². The highest BCUT2D eigenvalue weighted by molar-refractivity contribution is 7.98. The maximum Gasteiger partial charge on any atom is 0.226 e. The fourth-order valence-corrected chi connectivity index (χ4v) is 4.69. The van der Waals surface area contributed by atoms with Gasteiger partial charge in [-0.2, -0.15) is 0 Å². The molecule has 0 unspecified atom stereocenters. The van der Waals surface area contributed by atoms with Gasteiger partial charge >= 0.3 is 0 Å². The monoisotopic (exact) mass is 382 g/mol. The van der Waals surface area contributed by atoms with Crippen LogP contribution >= 0.6 is 11.8 Å². The van der Waals surface area contributed by atoms with Crippen molar-refractivity contribution in [1.29, 1.82) is 0 Å². The van der Waals surface area contributed by atoms with Crippen LogP contribution in [0.3, 0.4) is 0 Å². The van der Waals surface area contributed by atoms with Crippen LogP contribution < -0.4 is 10.5 Å². The number of hydrogen-bond donors (Lipinski definition) is 1. The third-order valence-electron chi connectivity index (χ3n) is 5.92. The highest BCUT2D eigenvalue weighted by Crippen LogP contribution is 2.45. The number of piperidine rings is 1. The van der Waals surface area contributed by atoms with E-state index in [1.165, 1.54) is 10.5 Å². The molecule has 142 valence electrons. The van der Waals surface area contributed by atoms with E-state index in [0.29, 0.717) is 19.6 Å². The Hall–Kier alpha value is -1.98. The minimum Gasteiger partial charge on any atom is -0.492 e. The molecule has 0 atom stereocenters. The number of hydrogen-bond acceptors (Lipinski definition) is 4. The van der Waals surface area contributed by atoms with Crippen molar-refractivity contribution in [1.82, 2.24) is 4.90 Å². The van der Waals surface area contributed by atoms with Crippen molar-refractivity contribution < 1.29 is 9.53 Å². The smallest absolute Gasteiger partial charge is 0.226 e. The van der Waals surface area contributed by atoms with Crippen molar-refractivity contribution in [2.75, 3.05) is 26.0 Å². The van der Waals surface area contributed by atoms with E-state index in [1.807, 2.05) is 29.2 Å². The summed E-state index contributed by atoms with van der Waals surface area (Å²) in [5.41, 5.74) is 9.38. The predicted molar refractivity (Wildman–Crippen MR) is 109 cm³/mol. The van der Waals surface area contributed by atoms with Gasteiger partial charge in [-0.15, -0.1) is 11.8 Å². The van der Waals surface area contributed by atoms with Crippen molar-refractivity contribution in [3.8, 4) is 5.75 Å². The number of rotatable bonds is 4. The molecule has 1 spiro atoms. The van der Waals surface area contributed by atoms with Crippen LogP contribution in [0.4, 0.5) is 0 Å². The second-order valence-corrected chi connectivity index (χ2v) is 8.39. The Morgan fingerprint density at radius 1 is 1.19 bits per heavy atom. The number of thioether (sulfide) groups is 1. The van der Waals surface area contributed by atoms with Gasteiger partial charge in [0.2, 0.25) is 5.91 Å². The summed E-state index contributed by atoms with van der Waals surface area (Å²) in [5.74, 6) is 1.21. The van der Waals surface area contributed by atoms with Gasteiger partial charge in [-0.05, 0) is 48.4 Å². The summed E-state index contributed by atoms with van der Waals surface area (Å²) in [4.78, 5) is 16.0. The molecule has 0 bridgehead atoms. The van der Waals surface area contributed by atoms with Crippen LogP contribution in [-0.4, -0.2) is 36.8 Å². The lowest BCUT2D eigenvalue weighted by molar-refractivity contribution is -0.132. The number of nitrogens with two attached hydrogens (primary N) is 1. The van der Waals surface area contributed by atoms with E-state index in [1.54, 1.807) is 11.8 Å². The lowest BCUT2D eigenvalue weighted by atomic mass is 9.74. The van der Waals surface area contributed by atoms with E-state index in [-0.39, 0.29) is 11.3 Å². The number of likely N-dealkylation sites (tertiary alicyclic amines) is 1. The fraction of sp³-hybridized carbons (Fsp3) is 0.409. The Kier molecular flexibility index (Phi) is 5.15. The number of carbonyl (C=O) groups is 1. The average molecular weight is 383 g/mol. The third kappa shape index (κ3) is 3.58. The first-order chi connectivity index (χ1) is 13.1. The van der Waals surface area contributed by atoms with Gasteiger partial charge in [0, 0.05) is 35.5 Å². The molecule has 27 heavy (non-hydrogen) atoms. The molecule has 5 heteroatoms. The zero-order chi connectivity index (χ0) is 18.9. The minimum absolute atomic E-state index is 0.0378. The number of fused-ring (bicyclic) bond motifs is 2. The summed E-state index contributed by atoms with van der Waals surface area (Å²) in [6.07, 6.45) is 4.43. The topological polar surface area (TPSA) is 55.6 Å². The second-order valence-electron chi connectivity index (χ2n) is 7.51. The van der Waals surface area contributed by atoms with Gasteiger partial charge < -0.3 is 15.4 Å².